The highest BCUT2D eigenvalue weighted by Crippen LogP contribution is 2.37. The molecule has 8 heteroatoms. The van der Waals surface area contributed by atoms with Gasteiger partial charge in [0.25, 0.3) is 5.91 Å². The molecule has 4 rings (SSSR count). The third kappa shape index (κ3) is 2.06. The van der Waals surface area contributed by atoms with E-state index >= 15 is 0 Å². The second-order valence-electron chi connectivity index (χ2n) is 5.32. The van der Waals surface area contributed by atoms with Crippen LogP contribution >= 0.6 is 11.3 Å². The molecule has 0 saturated heterocycles. The van der Waals surface area contributed by atoms with Crippen LogP contribution in [0.1, 0.15) is 33.9 Å². The number of aliphatic hydroxyl groups excluding tert-OH is 1. The minimum absolute atomic E-state index is 0.0461. The van der Waals surface area contributed by atoms with Gasteiger partial charge in [0.15, 0.2) is 5.65 Å². The summed E-state index contributed by atoms with van der Waals surface area (Å²) in [6, 6.07) is 0. The molecule has 0 saturated carbocycles. The van der Waals surface area contributed by atoms with Gasteiger partial charge in [0.05, 0.1) is 5.39 Å². The topological polar surface area (TPSA) is 92.4 Å². The number of rotatable bonds is 4. The summed E-state index contributed by atoms with van der Waals surface area (Å²) in [7, 11) is 0. The molecule has 3 aromatic heterocycles. The Balaban J connectivity index is 1.77. The second-order valence-corrected chi connectivity index (χ2v) is 6.40. The number of aryl methyl sites for hydroxylation is 2. The normalized spacial score (nSPS) is 13.9. The lowest BCUT2D eigenvalue weighted by Gasteiger charge is -1.98. The van der Waals surface area contributed by atoms with E-state index < -0.39 is 0 Å². The van der Waals surface area contributed by atoms with Gasteiger partial charge in [0.1, 0.15) is 11.2 Å². The molecule has 0 spiro atoms. The number of aromatic nitrogens is 4. The Bertz CT molecular complexity index is 869. The van der Waals surface area contributed by atoms with E-state index in [4.69, 9.17) is 5.11 Å². The van der Waals surface area contributed by atoms with E-state index in [2.05, 4.69) is 20.4 Å². The Morgan fingerprint density at radius 3 is 3.23 bits per heavy atom. The van der Waals surface area contributed by atoms with Gasteiger partial charge in [-0.3, -0.25) is 4.79 Å². The van der Waals surface area contributed by atoms with Crippen molar-refractivity contribution < 1.29 is 9.90 Å². The SMILES string of the molecule is O=C(NCCCO)c1nc2c3c4c(sc3ncn2n1)CCC4. The molecule has 22 heavy (non-hydrogen) atoms. The lowest BCUT2D eigenvalue weighted by molar-refractivity contribution is 0.0941. The van der Waals surface area contributed by atoms with E-state index in [0.29, 0.717) is 18.6 Å². The smallest absolute Gasteiger partial charge is 0.290 e. The highest BCUT2D eigenvalue weighted by Gasteiger charge is 2.22. The fourth-order valence-electron chi connectivity index (χ4n) is 2.85. The van der Waals surface area contributed by atoms with Gasteiger partial charge in [-0.05, 0) is 31.2 Å². The Labute approximate surface area is 130 Å². The molecule has 0 radical (unpaired) electrons. The van der Waals surface area contributed by atoms with Gasteiger partial charge >= 0.3 is 0 Å². The average molecular weight is 317 g/mol. The van der Waals surface area contributed by atoms with E-state index in [-0.39, 0.29) is 18.3 Å². The first kappa shape index (κ1) is 13.6. The van der Waals surface area contributed by atoms with Gasteiger partial charge in [-0.2, -0.15) is 0 Å². The molecule has 3 heterocycles. The highest BCUT2D eigenvalue weighted by molar-refractivity contribution is 7.19. The van der Waals surface area contributed by atoms with Gasteiger partial charge in [-0.1, -0.05) is 0 Å². The predicted molar refractivity (Wildman–Crippen MR) is 82.2 cm³/mol. The van der Waals surface area contributed by atoms with Crippen LogP contribution in [0.4, 0.5) is 0 Å². The first-order valence-electron chi connectivity index (χ1n) is 7.32. The quantitative estimate of drug-likeness (QED) is 0.699. The number of amides is 1. The molecule has 114 valence electrons. The fraction of sp³-hybridized carbons (Fsp3) is 0.429. The molecule has 0 aliphatic heterocycles. The summed E-state index contributed by atoms with van der Waals surface area (Å²) >= 11 is 1.72. The van der Waals surface area contributed by atoms with E-state index in [1.54, 1.807) is 22.2 Å². The lowest BCUT2D eigenvalue weighted by Crippen LogP contribution is -2.26. The molecule has 0 bridgehead atoms. The molecule has 0 aromatic carbocycles. The Morgan fingerprint density at radius 2 is 2.36 bits per heavy atom. The number of carbonyl (C=O) groups excluding carboxylic acids is 1. The van der Waals surface area contributed by atoms with Crippen LogP contribution in [0.2, 0.25) is 0 Å². The highest BCUT2D eigenvalue weighted by atomic mass is 32.1. The van der Waals surface area contributed by atoms with Crippen LogP contribution in [-0.2, 0) is 12.8 Å². The van der Waals surface area contributed by atoms with Crippen molar-refractivity contribution in [1.29, 1.82) is 0 Å². The fourth-order valence-corrected chi connectivity index (χ4v) is 4.07. The summed E-state index contributed by atoms with van der Waals surface area (Å²) in [5.74, 6) is -0.178. The second kappa shape index (κ2) is 5.29. The van der Waals surface area contributed by atoms with E-state index in [1.807, 2.05) is 0 Å². The summed E-state index contributed by atoms with van der Waals surface area (Å²) < 4.78 is 1.58. The van der Waals surface area contributed by atoms with Crippen molar-refractivity contribution in [2.24, 2.45) is 0 Å². The number of nitrogens with zero attached hydrogens (tertiary/aromatic N) is 4. The van der Waals surface area contributed by atoms with E-state index in [0.717, 1.165) is 23.1 Å². The number of thiophene rings is 1. The first-order valence-corrected chi connectivity index (χ1v) is 8.14. The molecule has 2 N–H and O–H groups in total. The number of hydrogen-bond donors (Lipinski definition) is 2. The zero-order chi connectivity index (χ0) is 15.1. The number of nitrogens with one attached hydrogen (secondary N) is 1. The summed E-state index contributed by atoms with van der Waals surface area (Å²) in [4.78, 5) is 23.2. The molecule has 7 nitrogen and oxygen atoms in total. The van der Waals surface area contributed by atoms with Crippen molar-refractivity contribution in [1.82, 2.24) is 24.9 Å². The van der Waals surface area contributed by atoms with Crippen LogP contribution < -0.4 is 5.32 Å². The van der Waals surface area contributed by atoms with Gasteiger partial charge in [-0.15, -0.1) is 16.4 Å². The summed E-state index contributed by atoms with van der Waals surface area (Å²) in [5, 5.41) is 16.7. The number of fused-ring (bicyclic) bond motifs is 5. The van der Waals surface area contributed by atoms with Crippen molar-refractivity contribution in [2.45, 2.75) is 25.7 Å². The number of carbonyl (C=O) groups is 1. The molecule has 1 aliphatic rings. The van der Waals surface area contributed by atoms with Crippen molar-refractivity contribution in [3.8, 4) is 0 Å². The average Bonchev–Trinajstić information content (AvgIpc) is 3.19. The molecule has 1 aliphatic carbocycles. The third-order valence-electron chi connectivity index (χ3n) is 3.87. The van der Waals surface area contributed by atoms with E-state index in [9.17, 15) is 4.79 Å². The van der Waals surface area contributed by atoms with Gasteiger partial charge in [-0.25, -0.2) is 14.5 Å². The van der Waals surface area contributed by atoms with Crippen molar-refractivity contribution in [3.63, 3.8) is 0 Å². The van der Waals surface area contributed by atoms with Crippen molar-refractivity contribution in [3.05, 3.63) is 22.6 Å². The molecule has 0 unspecified atom stereocenters. The van der Waals surface area contributed by atoms with Gasteiger partial charge in [0, 0.05) is 18.0 Å². The largest absolute Gasteiger partial charge is 0.396 e. The van der Waals surface area contributed by atoms with Crippen LogP contribution in [0.3, 0.4) is 0 Å². The van der Waals surface area contributed by atoms with Crippen LogP contribution in [0.5, 0.6) is 0 Å². The standard InChI is InChI=1S/C14H15N5O2S/c20-6-2-5-15-13(21)11-17-12-10-8-3-1-4-9(8)22-14(10)16-7-19(12)18-11/h7,20H,1-6H2,(H,15,21). The minimum Gasteiger partial charge on any atom is -0.396 e. The number of hydrogen-bond acceptors (Lipinski definition) is 6. The van der Waals surface area contributed by atoms with Crippen LogP contribution in [0, 0.1) is 0 Å². The maximum atomic E-state index is 12.0. The van der Waals surface area contributed by atoms with Crippen LogP contribution in [0.15, 0.2) is 6.33 Å². The Morgan fingerprint density at radius 1 is 1.45 bits per heavy atom. The zero-order valence-electron chi connectivity index (χ0n) is 11.9. The maximum Gasteiger partial charge on any atom is 0.290 e. The van der Waals surface area contributed by atoms with Crippen LogP contribution in [0.25, 0.3) is 15.9 Å². The first-order chi connectivity index (χ1) is 10.8. The minimum atomic E-state index is -0.322. The zero-order valence-corrected chi connectivity index (χ0v) is 12.7. The molecular formula is C14H15N5O2S. The summed E-state index contributed by atoms with van der Waals surface area (Å²) in [6.45, 7) is 0.455. The maximum absolute atomic E-state index is 12.0. The molecule has 0 atom stereocenters. The summed E-state index contributed by atoms with van der Waals surface area (Å²) in [5.41, 5.74) is 2.02. The third-order valence-corrected chi connectivity index (χ3v) is 5.07. The lowest BCUT2D eigenvalue weighted by atomic mass is 10.2. The van der Waals surface area contributed by atoms with Crippen molar-refractivity contribution >= 4 is 33.1 Å². The van der Waals surface area contributed by atoms with Crippen molar-refractivity contribution in [2.75, 3.05) is 13.2 Å². The Hall–Kier alpha value is -2.06. The van der Waals surface area contributed by atoms with Gasteiger partial charge in [0.2, 0.25) is 5.82 Å². The number of aliphatic hydroxyl groups is 1. The van der Waals surface area contributed by atoms with Gasteiger partial charge < -0.3 is 10.4 Å². The van der Waals surface area contributed by atoms with Crippen LogP contribution in [-0.4, -0.2) is 43.7 Å². The predicted octanol–water partition coefficient (Wildman–Crippen LogP) is 0.940. The molecule has 3 aromatic rings. The summed E-state index contributed by atoms with van der Waals surface area (Å²) in [6.07, 6.45) is 5.44. The van der Waals surface area contributed by atoms with E-state index in [1.165, 1.54) is 16.9 Å². The monoisotopic (exact) mass is 317 g/mol. The molecule has 0 fully saturated rings. The molecular weight excluding hydrogens is 302 g/mol. The molecule has 1 amide bonds. The Kier molecular flexibility index (Phi) is 3.27.